The highest BCUT2D eigenvalue weighted by atomic mass is 16.1. The first-order valence-electron chi connectivity index (χ1n) is 6.30. The summed E-state index contributed by atoms with van der Waals surface area (Å²) in [5.74, 6) is 0.317. The van der Waals surface area contributed by atoms with Gasteiger partial charge in [-0.2, -0.15) is 0 Å². The SMILES string of the molecule is CCn1ccnc(Nc2ccccc2C(C)N)c1=O. The first kappa shape index (κ1) is 13.3. The lowest BCUT2D eigenvalue weighted by Crippen LogP contribution is -2.22. The zero-order chi connectivity index (χ0) is 13.8. The van der Waals surface area contributed by atoms with E-state index in [-0.39, 0.29) is 11.6 Å². The van der Waals surface area contributed by atoms with Crippen molar-refractivity contribution in [2.75, 3.05) is 5.32 Å². The number of hydrogen-bond donors (Lipinski definition) is 2. The third-order valence-electron chi connectivity index (χ3n) is 2.96. The van der Waals surface area contributed by atoms with Gasteiger partial charge in [-0.15, -0.1) is 0 Å². The molecule has 5 nitrogen and oxygen atoms in total. The highest BCUT2D eigenvalue weighted by Gasteiger charge is 2.09. The minimum atomic E-state index is -0.135. The average molecular weight is 258 g/mol. The molecule has 0 radical (unpaired) electrons. The molecule has 1 aromatic heterocycles. The molecule has 0 aliphatic rings. The van der Waals surface area contributed by atoms with E-state index >= 15 is 0 Å². The van der Waals surface area contributed by atoms with E-state index in [4.69, 9.17) is 5.73 Å². The molecule has 19 heavy (non-hydrogen) atoms. The largest absolute Gasteiger partial charge is 0.335 e. The summed E-state index contributed by atoms with van der Waals surface area (Å²) in [6.07, 6.45) is 3.28. The van der Waals surface area contributed by atoms with E-state index in [0.29, 0.717) is 12.4 Å². The molecule has 1 heterocycles. The molecule has 0 aliphatic heterocycles. The smallest absolute Gasteiger partial charge is 0.293 e. The predicted molar refractivity (Wildman–Crippen MR) is 76.5 cm³/mol. The molecular formula is C14H18N4O. The van der Waals surface area contributed by atoms with Crippen LogP contribution in [0.3, 0.4) is 0 Å². The Balaban J connectivity index is 2.40. The number of nitrogens with zero attached hydrogens (tertiary/aromatic N) is 2. The summed E-state index contributed by atoms with van der Waals surface area (Å²) in [5.41, 5.74) is 7.55. The quantitative estimate of drug-likeness (QED) is 0.880. The maximum atomic E-state index is 12.1. The van der Waals surface area contributed by atoms with Gasteiger partial charge in [0.1, 0.15) is 0 Å². The number of nitrogens with one attached hydrogen (secondary N) is 1. The van der Waals surface area contributed by atoms with Gasteiger partial charge in [-0.3, -0.25) is 4.79 Å². The highest BCUT2D eigenvalue weighted by Crippen LogP contribution is 2.22. The number of aromatic nitrogens is 2. The van der Waals surface area contributed by atoms with Crippen LogP contribution in [0.2, 0.25) is 0 Å². The van der Waals surface area contributed by atoms with Crippen LogP contribution < -0.4 is 16.6 Å². The maximum Gasteiger partial charge on any atom is 0.293 e. The van der Waals surface area contributed by atoms with E-state index < -0.39 is 0 Å². The number of rotatable bonds is 4. The molecule has 3 N–H and O–H groups in total. The topological polar surface area (TPSA) is 72.9 Å². The minimum Gasteiger partial charge on any atom is -0.335 e. The first-order valence-corrected chi connectivity index (χ1v) is 6.30. The number of para-hydroxylation sites is 1. The zero-order valence-electron chi connectivity index (χ0n) is 11.1. The molecular weight excluding hydrogens is 240 g/mol. The normalized spacial score (nSPS) is 12.2. The molecule has 2 aromatic rings. The Morgan fingerprint density at radius 2 is 2.16 bits per heavy atom. The Labute approximate surface area is 112 Å². The van der Waals surface area contributed by atoms with Gasteiger partial charge in [-0.25, -0.2) is 4.98 Å². The zero-order valence-corrected chi connectivity index (χ0v) is 11.1. The standard InChI is InChI=1S/C14H18N4O/c1-3-18-9-8-16-13(14(18)19)17-12-7-5-4-6-11(12)10(2)15/h4-10H,3,15H2,1-2H3,(H,16,17). The van der Waals surface area contributed by atoms with Crippen LogP contribution in [-0.4, -0.2) is 9.55 Å². The van der Waals surface area contributed by atoms with E-state index in [0.717, 1.165) is 11.3 Å². The van der Waals surface area contributed by atoms with Crippen molar-refractivity contribution in [1.29, 1.82) is 0 Å². The van der Waals surface area contributed by atoms with Crippen LogP contribution in [0, 0.1) is 0 Å². The summed E-state index contributed by atoms with van der Waals surface area (Å²) in [4.78, 5) is 16.2. The van der Waals surface area contributed by atoms with Crippen LogP contribution in [0.15, 0.2) is 41.5 Å². The third-order valence-corrected chi connectivity index (χ3v) is 2.96. The van der Waals surface area contributed by atoms with Crippen LogP contribution in [0.4, 0.5) is 11.5 Å². The fraction of sp³-hybridized carbons (Fsp3) is 0.286. The van der Waals surface area contributed by atoms with Crippen molar-refractivity contribution in [2.24, 2.45) is 5.73 Å². The van der Waals surface area contributed by atoms with Crippen LogP contribution in [-0.2, 0) is 6.54 Å². The summed E-state index contributed by atoms with van der Waals surface area (Å²) < 4.78 is 1.60. The Bertz CT molecular complexity index is 619. The molecule has 1 unspecified atom stereocenters. The van der Waals surface area contributed by atoms with E-state index in [1.54, 1.807) is 17.0 Å². The van der Waals surface area contributed by atoms with Crippen molar-refractivity contribution in [3.63, 3.8) is 0 Å². The number of anilines is 2. The molecule has 0 spiro atoms. The van der Waals surface area contributed by atoms with Gasteiger partial charge in [0, 0.05) is 30.7 Å². The summed E-state index contributed by atoms with van der Waals surface area (Å²) in [6.45, 7) is 4.44. The van der Waals surface area contributed by atoms with Gasteiger partial charge in [0.15, 0.2) is 5.82 Å². The van der Waals surface area contributed by atoms with Crippen LogP contribution >= 0.6 is 0 Å². The molecule has 0 saturated heterocycles. The van der Waals surface area contributed by atoms with Crippen LogP contribution in [0.1, 0.15) is 25.5 Å². The van der Waals surface area contributed by atoms with Crippen molar-refractivity contribution in [3.8, 4) is 0 Å². The highest BCUT2D eigenvalue weighted by molar-refractivity contribution is 5.60. The molecule has 0 fully saturated rings. The van der Waals surface area contributed by atoms with Gasteiger partial charge in [-0.1, -0.05) is 18.2 Å². The van der Waals surface area contributed by atoms with Crippen molar-refractivity contribution < 1.29 is 0 Å². The lowest BCUT2D eigenvalue weighted by molar-refractivity contribution is 0.720. The van der Waals surface area contributed by atoms with E-state index in [1.807, 2.05) is 38.1 Å². The van der Waals surface area contributed by atoms with Crippen LogP contribution in [0.25, 0.3) is 0 Å². The molecule has 100 valence electrons. The third kappa shape index (κ3) is 2.82. The number of nitrogens with two attached hydrogens (primary N) is 1. The van der Waals surface area contributed by atoms with Gasteiger partial charge in [0.25, 0.3) is 5.56 Å². The fourth-order valence-corrected chi connectivity index (χ4v) is 1.92. The Morgan fingerprint density at radius 3 is 2.84 bits per heavy atom. The summed E-state index contributed by atoms with van der Waals surface area (Å²) in [5, 5.41) is 3.07. The van der Waals surface area contributed by atoms with Crippen molar-refractivity contribution in [3.05, 3.63) is 52.6 Å². The molecule has 1 atom stereocenters. The van der Waals surface area contributed by atoms with Crippen molar-refractivity contribution >= 4 is 11.5 Å². The van der Waals surface area contributed by atoms with Crippen molar-refractivity contribution in [2.45, 2.75) is 26.4 Å². The summed E-state index contributed by atoms with van der Waals surface area (Å²) >= 11 is 0. The van der Waals surface area contributed by atoms with Crippen LogP contribution in [0.5, 0.6) is 0 Å². The number of benzene rings is 1. The average Bonchev–Trinajstić information content (AvgIpc) is 2.41. The Kier molecular flexibility index (Phi) is 3.97. The Morgan fingerprint density at radius 1 is 1.42 bits per heavy atom. The van der Waals surface area contributed by atoms with Gasteiger partial charge < -0.3 is 15.6 Å². The molecule has 0 amide bonds. The van der Waals surface area contributed by atoms with Crippen molar-refractivity contribution in [1.82, 2.24) is 9.55 Å². The number of hydrogen-bond acceptors (Lipinski definition) is 4. The lowest BCUT2D eigenvalue weighted by atomic mass is 10.1. The second-order valence-corrected chi connectivity index (χ2v) is 4.37. The molecule has 0 saturated carbocycles. The van der Waals surface area contributed by atoms with E-state index in [2.05, 4.69) is 10.3 Å². The first-order chi connectivity index (χ1) is 9.13. The van der Waals surface area contributed by atoms with E-state index in [1.165, 1.54) is 0 Å². The molecule has 2 rings (SSSR count). The van der Waals surface area contributed by atoms with E-state index in [9.17, 15) is 4.79 Å². The Hall–Kier alpha value is -2.14. The molecule has 1 aromatic carbocycles. The number of aryl methyl sites for hydroxylation is 1. The second kappa shape index (κ2) is 5.67. The second-order valence-electron chi connectivity index (χ2n) is 4.37. The monoisotopic (exact) mass is 258 g/mol. The maximum absolute atomic E-state index is 12.1. The van der Waals surface area contributed by atoms with Gasteiger partial charge in [-0.05, 0) is 25.5 Å². The lowest BCUT2D eigenvalue weighted by Gasteiger charge is -2.14. The predicted octanol–water partition coefficient (Wildman–Crippen LogP) is 2.03. The summed E-state index contributed by atoms with van der Waals surface area (Å²) in [6, 6.07) is 7.54. The molecule has 0 bridgehead atoms. The molecule has 5 heteroatoms. The van der Waals surface area contributed by atoms with Gasteiger partial charge in [0.2, 0.25) is 0 Å². The fourth-order valence-electron chi connectivity index (χ4n) is 1.92. The molecule has 0 aliphatic carbocycles. The van der Waals surface area contributed by atoms with Gasteiger partial charge >= 0.3 is 0 Å². The van der Waals surface area contributed by atoms with Gasteiger partial charge in [0.05, 0.1) is 0 Å². The summed E-state index contributed by atoms with van der Waals surface area (Å²) in [7, 11) is 0. The minimum absolute atomic E-state index is 0.110.